The Bertz CT molecular complexity index is 775. The Kier molecular flexibility index (Phi) is 5.63. The zero-order chi connectivity index (χ0) is 17.5. The second-order valence-corrected chi connectivity index (χ2v) is 4.60. The summed E-state index contributed by atoms with van der Waals surface area (Å²) in [5, 5.41) is 13.7. The van der Waals surface area contributed by atoms with Gasteiger partial charge in [0.25, 0.3) is 0 Å². The molecule has 5 nitrogen and oxygen atoms in total. The summed E-state index contributed by atoms with van der Waals surface area (Å²) in [5.41, 5.74) is 0.452. The van der Waals surface area contributed by atoms with Crippen molar-refractivity contribution in [1.29, 1.82) is 5.26 Å². The summed E-state index contributed by atoms with van der Waals surface area (Å²) in [6.45, 7) is -3.05. The van der Waals surface area contributed by atoms with Crippen molar-refractivity contribution in [3.8, 4) is 11.8 Å². The Labute approximate surface area is 135 Å². The molecule has 2 N–H and O–H groups in total. The third-order valence-corrected chi connectivity index (χ3v) is 2.98. The first-order valence-electron chi connectivity index (χ1n) is 6.77. The van der Waals surface area contributed by atoms with Crippen LogP contribution in [0.5, 0.6) is 5.75 Å². The zero-order valence-electron chi connectivity index (χ0n) is 12.2. The van der Waals surface area contributed by atoms with Gasteiger partial charge in [0.05, 0.1) is 11.3 Å². The highest BCUT2D eigenvalue weighted by atomic mass is 19.3. The average Bonchev–Trinajstić information content (AvgIpc) is 2.55. The molecule has 0 saturated heterocycles. The highest BCUT2D eigenvalue weighted by Gasteiger charge is 2.11. The van der Waals surface area contributed by atoms with Crippen LogP contribution in [0.1, 0.15) is 11.1 Å². The van der Waals surface area contributed by atoms with Crippen LogP contribution in [0.4, 0.5) is 23.7 Å². The van der Waals surface area contributed by atoms with E-state index < -0.39 is 18.5 Å². The number of benzene rings is 2. The minimum absolute atomic E-state index is 0.0356. The molecule has 0 bridgehead atoms. The highest BCUT2D eigenvalue weighted by molar-refractivity contribution is 5.90. The zero-order valence-corrected chi connectivity index (χ0v) is 12.2. The minimum atomic E-state index is -2.97. The molecule has 124 valence electrons. The lowest BCUT2D eigenvalue weighted by Gasteiger charge is -2.12. The van der Waals surface area contributed by atoms with Crippen LogP contribution in [0.2, 0.25) is 0 Å². The van der Waals surface area contributed by atoms with Crippen molar-refractivity contribution >= 4 is 11.7 Å². The topological polar surface area (TPSA) is 74.2 Å². The van der Waals surface area contributed by atoms with Crippen molar-refractivity contribution in [2.75, 3.05) is 5.32 Å². The van der Waals surface area contributed by atoms with Gasteiger partial charge in [-0.05, 0) is 24.3 Å². The number of nitrogens with zero attached hydrogens (tertiary/aromatic N) is 1. The van der Waals surface area contributed by atoms with E-state index in [4.69, 9.17) is 5.26 Å². The Morgan fingerprint density at radius 1 is 1.25 bits per heavy atom. The van der Waals surface area contributed by atoms with Crippen LogP contribution < -0.4 is 15.4 Å². The van der Waals surface area contributed by atoms with Gasteiger partial charge in [-0.3, -0.25) is 0 Å². The number of hydrogen-bond donors (Lipinski definition) is 2. The van der Waals surface area contributed by atoms with Crippen molar-refractivity contribution in [2.45, 2.75) is 13.2 Å². The number of anilines is 1. The molecule has 2 aromatic rings. The molecule has 0 fully saturated rings. The molecule has 0 spiro atoms. The number of para-hydroxylation sites is 1. The van der Waals surface area contributed by atoms with E-state index in [0.29, 0.717) is 5.56 Å². The molecule has 24 heavy (non-hydrogen) atoms. The number of rotatable bonds is 5. The summed E-state index contributed by atoms with van der Waals surface area (Å²) < 4.78 is 42.0. The molecule has 0 heterocycles. The molecule has 0 saturated carbocycles. The van der Waals surface area contributed by atoms with Crippen LogP contribution in [-0.4, -0.2) is 12.6 Å². The predicted molar refractivity (Wildman–Crippen MR) is 80.0 cm³/mol. The van der Waals surface area contributed by atoms with Gasteiger partial charge in [-0.15, -0.1) is 0 Å². The Hall–Kier alpha value is -3.21. The van der Waals surface area contributed by atoms with E-state index in [9.17, 15) is 18.0 Å². The number of halogens is 3. The number of carbonyl (C=O) groups is 1. The molecule has 0 atom stereocenters. The fourth-order valence-electron chi connectivity index (χ4n) is 1.92. The van der Waals surface area contributed by atoms with E-state index in [1.54, 1.807) is 12.1 Å². The van der Waals surface area contributed by atoms with E-state index in [1.807, 2.05) is 0 Å². The number of nitrogens with one attached hydrogen (secondary N) is 2. The smallest absolute Gasteiger partial charge is 0.387 e. The third-order valence-electron chi connectivity index (χ3n) is 2.98. The van der Waals surface area contributed by atoms with Crippen molar-refractivity contribution in [3.05, 3.63) is 59.4 Å². The summed E-state index contributed by atoms with van der Waals surface area (Å²) in [6.07, 6.45) is 0. The molecule has 0 aromatic heterocycles. The normalized spacial score (nSPS) is 10.1. The average molecular weight is 335 g/mol. The number of hydrogen-bond acceptors (Lipinski definition) is 3. The van der Waals surface area contributed by atoms with Crippen LogP contribution in [0.25, 0.3) is 0 Å². The summed E-state index contributed by atoms with van der Waals surface area (Å²) in [5.74, 6) is -0.650. The van der Waals surface area contributed by atoms with E-state index in [-0.39, 0.29) is 23.5 Å². The highest BCUT2D eigenvalue weighted by Crippen LogP contribution is 2.20. The molecule has 8 heteroatoms. The van der Waals surface area contributed by atoms with Gasteiger partial charge in [-0.1, -0.05) is 18.2 Å². The molecular weight excluding hydrogens is 323 g/mol. The molecule has 0 aliphatic rings. The maximum atomic E-state index is 13.0. The number of carbonyl (C=O) groups excluding carboxylic acids is 1. The van der Waals surface area contributed by atoms with E-state index in [0.717, 1.165) is 12.1 Å². The van der Waals surface area contributed by atoms with Gasteiger partial charge in [0.2, 0.25) is 0 Å². The fourth-order valence-corrected chi connectivity index (χ4v) is 1.92. The van der Waals surface area contributed by atoms with Crippen LogP contribution >= 0.6 is 0 Å². The maximum Gasteiger partial charge on any atom is 0.387 e. The van der Waals surface area contributed by atoms with E-state index >= 15 is 0 Å². The number of nitriles is 1. The number of amides is 2. The van der Waals surface area contributed by atoms with Gasteiger partial charge in [-0.25, -0.2) is 9.18 Å². The SMILES string of the molecule is N#Cc1cc(F)ccc1NC(=O)NCc1ccccc1OC(F)F. The van der Waals surface area contributed by atoms with Gasteiger partial charge in [-0.2, -0.15) is 14.0 Å². The number of ether oxygens (including phenoxy) is 1. The molecule has 2 aromatic carbocycles. The van der Waals surface area contributed by atoms with Crippen LogP contribution in [0.3, 0.4) is 0 Å². The lowest BCUT2D eigenvalue weighted by Crippen LogP contribution is -2.28. The Balaban J connectivity index is 2.01. The van der Waals surface area contributed by atoms with Crippen molar-refractivity contribution in [2.24, 2.45) is 0 Å². The second kappa shape index (κ2) is 7.87. The summed E-state index contributed by atoms with van der Waals surface area (Å²) in [4.78, 5) is 11.9. The largest absolute Gasteiger partial charge is 0.434 e. The number of urea groups is 1. The van der Waals surface area contributed by atoms with Crippen LogP contribution in [0, 0.1) is 17.1 Å². The molecule has 2 rings (SSSR count). The first-order chi connectivity index (χ1) is 11.5. The van der Waals surface area contributed by atoms with Crippen molar-refractivity contribution in [1.82, 2.24) is 5.32 Å². The van der Waals surface area contributed by atoms with Gasteiger partial charge in [0, 0.05) is 12.1 Å². The Morgan fingerprint density at radius 3 is 2.71 bits per heavy atom. The third kappa shape index (κ3) is 4.64. The number of alkyl halides is 2. The van der Waals surface area contributed by atoms with Crippen LogP contribution in [0.15, 0.2) is 42.5 Å². The van der Waals surface area contributed by atoms with Gasteiger partial charge in [0.15, 0.2) is 0 Å². The van der Waals surface area contributed by atoms with E-state index in [2.05, 4.69) is 15.4 Å². The molecule has 2 amide bonds. The summed E-state index contributed by atoms with van der Waals surface area (Å²) in [7, 11) is 0. The molecule has 0 radical (unpaired) electrons. The second-order valence-electron chi connectivity index (χ2n) is 4.60. The maximum absolute atomic E-state index is 13.0. The first kappa shape index (κ1) is 17.1. The predicted octanol–water partition coefficient (Wildman–Crippen LogP) is 3.62. The molecule has 0 aliphatic heterocycles. The van der Waals surface area contributed by atoms with Crippen molar-refractivity contribution < 1.29 is 22.7 Å². The minimum Gasteiger partial charge on any atom is -0.434 e. The van der Waals surface area contributed by atoms with E-state index in [1.165, 1.54) is 24.3 Å². The Morgan fingerprint density at radius 2 is 2.00 bits per heavy atom. The van der Waals surface area contributed by atoms with Gasteiger partial charge in [0.1, 0.15) is 17.6 Å². The molecule has 0 aliphatic carbocycles. The first-order valence-corrected chi connectivity index (χ1v) is 6.77. The molecule has 0 unspecified atom stereocenters. The van der Waals surface area contributed by atoms with Gasteiger partial charge < -0.3 is 15.4 Å². The van der Waals surface area contributed by atoms with Gasteiger partial charge >= 0.3 is 12.6 Å². The fraction of sp³-hybridized carbons (Fsp3) is 0.125. The molecular formula is C16H12F3N3O2. The van der Waals surface area contributed by atoms with Crippen LogP contribution in [-0.2, 0) is 6.54 Å². The standard InChI is InChI=1S/C16H12F3N3O2/c17-12-5-6-13(11(7-12)8-20)22-16(23)21-9-10-3-1-2-4-14(10)24-15(18)19/h1-7,15H,9H2,(H2,21,22,23). The van der Waals surface area contributed by atoms with Crippen molar-refractivity contribution in [3.63, 3.8) is 0 Å². The lowest BCUT2D eigenvalue weighted by atomic mass is 10.2. The summed E-state index contributed by atoms with van der Waals surface area (Å²) >= 11 is 0. The quantitative estimate of drug-likeness (QED) is 0.876. The monoisotopic (exact) mass is 335 g/mol. The lowest BCUT2D eigenvalue weighted by molar-refractivity contribution is -0.0504. The summed E-state index contributed by atoms with van der Waals surface area (Å²) in [6, 6.07) is 10.4.